The van der Waals surface area contributed by atoms with Crippen molar-refractivity contribution in [1.29, 1.82) is 0 Å². The number of rotatable bonds is 29. The predicted molar refractivity (Wildman–Crippen MR) is 233 cm³/mol. The molecule has 0 bridgehead atoms. The Morgan fingerprint density at radius 1 is 0.705 bits per heavy atom. The summed E-state index contributed by atoms with van der Waals surface area (Å²) in [6.07, 6.45) is 10.0. The van der Waals surface area contributed by atoms with E-state index in [0.29, 0.717) is 89.6 Å². The van der Waals surface area contributed by atoms with E-state index in [2.05, 4.69) is 37.2 Å². The van der Waals surface area contributed by atoms with E-state index in [4.69, 9.17) is 14.2 Å². The van der Waals surface area contributed by atoms with E-state index in [1.807, 2.05) is 37.7 Å². The molecule has 2 saturated heterocycles. The molecule has 9 amide bonds. The van der Waals surface area contributed by atoms with Gasteiger partial charge in [0.05, 0.1) is 31.8 Å². The van der Waals surface area contributed by atoms with Gasteiger partial charge in [-0.2, -0.15) is 11.8 Å². The highest BCUT2D eigenvalue weighted by molar-refractivity contribution is 8.00. The van der Waals surface area contributed by atoms with E-state index in [9.17, 15) is 33.6 Å². The smallest absolute Gasteiger partial charge is 0.319 e. The topological polar surface area (TPSA) is 235 Å². The number of imide groups is 1. The first-order valence-electron chi connectivity index (χ1n) is 21.5. The number of carbonyl (C=O) groups excluding carboxylic acids is 7. The second-order valence-corrected chi connectivity index (χ2v) is 15.8. The molecule has 1 aromatic carbocycles. The number of hydrogen-bond acceptors (Lipinski definition) is 11. The summed E-state index contributed by atoms with van der Waals surface area (Å²) in [6.45, 7) is 9.42. The van der Waals surface area contributed by atoms with Crippen molar-refractivity contribution < 1.29 is 47.8 Å². The van der Waals surface area contributed by atoms with Crippen LogP contribution in [-0.2, 0) is 44.7 Å². The average Bonchev–Trinajstić information content (AvgIpc) is 3.91. The molecular weight excluding hydrogens is 815 g/mol. The van der Waals surface area contributed by atoms with Crippen molar-refractivity contribution in [2.75, 3.05) is 76.9 Å². The van der Waals surface area contributed by atoms with Gasteiger partial charge in [-0.3, -0.25) is 28.9 Å². The van der Waals surface area contributed by atoms with Crippen molar-refractivity contribution in [3.63, 3.8) is 0 Å². The number of urea groups is 2. The van der Waals surface area contributed by atoms with E-state index in [1.165, 1.54) is 17.1 Å². The number of ether oxygens (including phenoxy) is 3. The molecule has 2 fully saturated rings. The Morgan fingerprint density at radius 3 is 2.03 bits per heavy atom. The van der Waals surface area contributed by atoms with Crippen LogP contribution in [0.1, 0.15) is 83.6 Å². The fourth-order valence-corrected chi connectivity index (χ4v) is 8.00. The summed E-state index contributed by atoms with van der Waals surface area (Å²) in [6, 6.07) is 7.05. The van der Waals surface area contributed by atoms with Crippen LogP contribution >= 0.6 is 11.8 Å². The molecule has 3 aliphatic heterocycles. The van der Waals surface area contributed by atoms with E-state index >= 15 is 0 Å². The van der Waals surface area contributed by atoms with Gasteiger partial charge in [0, 0.05) is 94.3 Å². The number of hydrogen-bond donors (Lipinski definition) is 7. The van der Waals surface area contributed by atoms with Crippen LogP contribution in [0.4, 0.5) is 15.3 Å². The molecule has 3 atom stereocenters. The van der Waals surface area contributed by atoms with E-state index in [-0.39, 0.29) is 54.2 Å². The minimum Gasteiger partial charge on any atom is -0.382 e. The quantitative estimate of drug-likeness (QED) is 0.0268. The number of nitrogens with zero attached hydrogens (tertiary/aromatic N) is 1. The lowest BCUT2D eigenvalue weighted by Gasteiger charge is -2.16. The van der Waals surface area contributed by atoms with Gasteiger partial charge < -0.3 is 51.4 Å². The zero-order valence-corrected chi connectivity index (χ0v) is 36.5. The zero-order chi connectivity index (χ0) is 44.1. The molecule has 0 unspecified atom stereocenters. The van der Waals surface area contributed by atoms with Crippen molar-refractivity contribution in [1.82, 2.24) is 36.8 Å². The largest absolute Gasteiger partial charge is 0.382 e. The third-order valence-corrected chi connectivity index (χ3v) is 11.2. The van der Waals surface area contributed by atoms with Crippen molar-refractivity contribution in [3.8, 4) is 0 Å². The minimum absolute atomic E-state index is 0.00512. The van der Waals surface area contributed by atoms with Crippen LogP contribution in [-0.4, -0.2) is 135 Å². The molecule has 0 radical (unpaired) electrons. The Hall–Kier alpha value is -4.72. The Kier molecular flexibility index (Phi) is 25.2. The lowest BCUT2D eigenvalue weighted by Crippen LogP contribution is -2.39. The van der Waals surface area contributed by atoms with E-state index in [0.717, 1.165) is 62.7 Å². The van der Waals surface area contributed by atoms with Gasteiger partial charge in [0.25, 0.3) is 11.8 Å². The maximum absolute atomic E-state index is 12.2. The van der Waals surface area contributed by atoms with Gasteiger partial charge in [-0.1, -0.05) is 25.0 Å². The second-order valence-electron chi connectivity index (χ2n) is 14.5. The number of carbonyl (C=O) groups is 7. The molecule has 7 N–H and O–H groups in total. The normalized spacial score (nSPS) is 17.5. The van der Waals surface area contributed by atoms with E-state index in [1.54, 1.807) is 12.1 Å². The number of nitrogens with one attached hydrogen (secondary N) is 7. The molecule has 3 aliphatic rings. The van der Waals surface area contributed by atoms with Gasteiger partial charge in [-0.05, 0) is 70.1 Å². The molecule has 4 rings (SSSR count). The van der Waals surface area contributed by atoms with Crippen molar-refractivity contribution >= 4 is 59.0 Å². The molecule has 61 heavy (non-hydrogen) atoms. The average molecular weight is 881 g/mol. The summed E-state index contributed by atoms with van der Waals surface area (Å²) in [4.78, 5) is 83.0. The van der Waals surface area contributed by atoms with Crippen LogP contribution in [0.15, 0.2) is 36.4 Å². The fraction of sp³-hybridized carbons (Fsp3) is 0.643. The van der Waals surface area contributed by atoms with Crippen molar-refractivity contribution in [3.05, 3.63) is 42.0 Å². The molecule has 19 heteroatoms. The number of amides is 9. The van der Waals surface area contributed by atoms with Gasteiger partial charge >= 0.3 is 12.1 Å². The van der Waals surface area contributed by atoms with Crippen LogP contribution in [0.2, 0.25) is 0 Å². The molecule has 340 valence electrons. The Labute approximate surface area is 363 Å². The highest BCUT2D eigenvalue weighted by atomic mass is 32.2. The Bertz CT molecular complexity index is 1550. The van der Waals surface area contributed by atoms with Gasteiger partial charge in [-0.25, -0.2) is 9.59 Å². The summed E-state index contributed by atoms with van der Waals surface area (Å²) >= 11 is 1.89. The predicted octanol–water partition coefficient (Wildman–Crippen LogP) is 2.72. The highest BCUT2D eigenvalue weighted by Gasteiger charge is 2.42. The van der Waals surface area contributed by atoms with Crippen LogP contribution in [0.3, 0.4) is 0 Å². The Morgan fingerprint density at radius 2 is 1.33 bits per heavy atom. The van der Waals surface area contributed by atoms with Crippen molar-refractivity contribution in [2.45, 2.75) is 102 Å². The standard InChI is InChI=1S/C25H38N6O5S.C17H28N2O5/c1-2-36-13-5-12-26-22(33)15-28-24(34)29-18-10-8-17(9-11-18)14-27-21(32)7-4-3-6-20-23-19(16-37-20)30-25(35)31-23;1-2-23-13-14-24-12-6-10-18-15(20)7-4-3-5-11-19-16(21)8-9-17(19)22/h8-11,19-20,23H,2-7,12-16H2,1H3,(H,26,33)(H,27,32)(H2,28,29,34)(H2,30,31,35);8-9H,2-7,10-14H2,1H3,(H,18,20)/t19-,20-,23-;/m0./s1/i5+1,12+1,13+1;6+1,10+1,12+1. The van der Waals surface area contributed by atoms with Crippen molar-refractivity contribution in [2.24, 2.45) is 0 Å². The van der Waals surface area contributed by atoms with Gasteiger partial charge in [0.2, 0.25) is 17.7 Å². The molecule has 1 aromatic rings. The van der Waals surface area contributed by atoms with E-state index < -0.39 is 6.03 Å². The summed E-state index contributed by atoms with van der Waals surface area (Å²) in [7, 11) is 0. The fourth-order valence-electron chi connectivity index (χ4n) is 6.45. The molecule has 18 nitrogen and oxygen atoms in total. The molecule has 0 aromatic heterocycles. The second kappa shape index (κ2) is 30.3. The highest BCUT2D eigenvalue weighted by Crippen LogP contribution is 2.33. The molecule has 0 saturated carbocycles. The minimum atomic E-state index is -0.469. The summed E-state index contributed by atoms with van der Waals surface area (Å²) in [5, 5.41) is 20.0. The van der Waals surface area contributed by atoms with Crippen LogP contribution < -0.4 is 37.2 Å². The number of benzene rings is 1. The van der Waals surface area contributed by atoms with Gasteiger partial charge in [-0.15, -0.1) is 0 Å². The molecular formula is C42H66N8O10S. The van der Waals surface area contributed by atoms with Crippen LogP contribution in [0.5, 0.6) is 0 Å². The first-order chi connectivity index (χ1) is 29.6. The van der Waals surface area contributed by atoms with Crippen LogP contribution in [0, 0.1) is 0 Å². The maximum atomic E-state index is 12.2. The van der Waals surface area contributed by atoms with Gasteiger partial charge in [0.1, 0.15) is 0 Å². The number of fused-ring (bicyclic) bond motifs is 1. The Balaban J connectivity index is 0.000000358. The van der Waals surface area contributed by atoms with Crippen LogP contribution in [0.25, 0.3) is 0 Å². The monoisotopic (exact) mass is 880 g/mol. The SMILES string of the molecule is CCOCCO[13CH2][13CH2][13CH2]NC(=O)CCCCCN1C(=O)C=CC1=O.CCO[13CH2][13CH2][13CH2]NC(=O)CNC(=O)Nc1ccc(CNC(=O)CCCC[C@@H]2SC[C@@H]3NC(=O)N[C@@H]32)cc1. The summed E-state index contributed by atoms with van der Waals surface area (Å²) in [5.41, 5.74) is 1.51. The molecule has 0 aliphatic carbocycles. The maximum Gasteiger partial charge on any atom is 0.319 e. The third kappa shape index (κ3) is 21.6. The van der Waals surface area contributed by atoms with Gasteiger partial charge in [0.15, 0.2) is 0 Å². The lowest BCUT2D eigenvalue weighted by atomic mass is 10.0. The first-order valence-corrected chi connectivity index (χ1v) is 22.5. The molecule has 0 spiro atoms. The number of unbranched alkanes of at least 4 members (excludes halogenated alkanes) is 3. The lowest BCUT2D eigenvalue weighted by molar-refractivity contribution is -0.137. The number of thioether (sulfide) groups is 1. The summed E-state index contributed by atoms with van der Waals surface area (Å²) in [5.74, 6) is 0.219. The first kappa shape index (κ1) is 50.6. The number of anilines is 1. The summed E-state index contributed by atoms with van der Waals surface area (Å²) < 4.78 is 15.7. The zero-order valence-electron chi connectivity index (χ0n) is 35.7. The third-order valence-electron chi connectivity index (χ3n) is 9.73. The molecule has 3 heterocycles.